The van der Waals surface area contributed by atoms with Crippen LogP contribution in [-0.2, 0) is 17.6 Å². The van der Waals surface area contributed by atoms with Crippen LogP contribution in [-0.4, -0.2) is 11.8 Å². The Morgan fingerprint density at radius 1 is 1.05 bits per heavy atom. The molecule has 0 fully saturated rings. The number of fused-ring (bicyclic) bond motifs is 1. The second-order valence-electron chi connectivity index (χ2n) is 6.63. The second kappa shape index (κ2) is 6.60. The number of amides is 2. The highest BCUT2D eigenvalue weighted by atomic mass is 32.1. The number of carbonyl (C=O) groups is 2. The first kappa shape index (κ1) is 16.0. The molecule has 0 aliphatic heterocycles. The Hall–Kier alpha value is -1.36. The van der Waals surface area contributed by atoms with Crippen molar-refractivity contribution in [3.8, 4) is 0 Å². The van der Waals surface area contributed by atoms with E-state index in [9.17, 15) is 9.59 Å². The van der Waals surface area contributed by atoms with Gasteiger partial charge >= 0.3 is 0 Å². The summed E-state index contributed by atoms with van der Waals surface area (Å²) in [6.45, 7) is 5.43. The first-order valence-electron chi connectivity index (χ1n) is 7.60. The molecule has 4 nitrogen and oxygen atoms in total. The number of nitrogens with one attached hydrogen (secondary N) is 2. The number of hydrazine groups is 1. The first-order chi connectivity index (χ1) is 9.88. The lowest BCUT2D eigenvalue weighted by Gasteiger charge is -2.17. The molecule has 0 saturated heterocycles. The number of aryl methyl sites for hydroxylation is 2. The summed E-state index contributed by atoms with van der Waals surface area (Å²) in [6, 6.07) is 1.99. The van der Waals surface area contributed by atoms with E-state index in [4.69, 9.17) is 0 Å². The van der Waals surface area contributed by atoms with Crippen LogP contribution in [0.4, 0.5) is 0 Å². The fraction of sp³-hybridized carbons (Fsp3) is 0.625. The molecule has 2 rings (SSSR count). The van der Waals surface area contributed by atoms with Crippen molar-refractivity contribution in [3.05, 3.63) is 21.4 Å². The predicted octanol–water partition coefficient (Wildman–Crippen LogP) is 3.21. The number of thiophene rings is 1. The van der Waals surface area contributed by atoms with Crippen LogP contribution in [0.3, 0.4) is 0 Å². The molecule has 1 aliphatic carbocycles. The monoisotopic (exact) mass is 308 g/mol. The highest BCUT2D eigenvalue weighted by Gasteiger charge is 2.22. The highest BCUT2D eigenvalue weighted by molar-refractivity contribution is 7.14. The van der Waals surface area contributed by atoms with Gasteiger partial charge in [-0.1, -0.05) is 33.6 Å². The van der Waals surface area contributed by atoms with Crippen molar-refractivity contribution in [1.82, 2.24) is 10.9 Å². The van der Waals surface area contributed by atoms with Crippen LogP contribution >= 0.6 is 11.3 Å². The van der Waals surface area contributed by atoms with E-state index in [-0.39, 0.29) is 11.8 Å². The lowest BCUT2D eigenvalue weighted by atomic mass is 9.96. The molecule has 0 saturated carbocycles. The normalized spacial score (nSPS) is 15.6. The summed E-state index contributed by atoms with van der Waals surface area (Å²) >= 11 is 1.56. The van der Waals surface area contributed by atoms with Gasteiger partial charge in [-0.25, -0.2) is 0 Å². The van der Waals surface area contributed by atoms with Crippen molar-refractivity contribution in [2.45, 2.75) is 59.3 Å². The number of hydrogen-bond donors (Lipinski definition) is 2. The van der Waals surface area contributed by atoms with Gasteiger partial charge < -0.3 is 0 Å². The van der Waals surface area contributed by atoms with Gasteiger partial charge in [0.1, 0.15) is 0 Å². The van der Waals surface area contributed by atoms with Crippen LogP contribution in [0.1, 0.15) is 66.6 Å². The Morgan fingerprint density at radius 2 is 1.71 bits per heavy atom. The predicted molar refractivity (Wildman–Crippen MR) is 85.3 cm³/mol. The lowest BCUT2D eigenvalue weighted by molar-refractivity contribution is -0.129. The molecule has 0 unspecified atom stereocenters. The number of hydrogen-bond acceptors (Lipinski definition) is 3. The van der Waals surface area contributed by atoms with E-state index in [1.807, 2.05) is 26.8 Å². The summed E-state index contributed by atoms with van der Waals surface area (Å²) < 4.78 is 0. The van der Waals surface area contributed by atoms with Gasteiger partial charge in [0, 0.05) is 10.3 Å². The van der Waals surface area contributed by atoms with E-state index >= 15 is 0 Å². The third-order valence-electron chi connectivity index (χ3n) is 3.69. The molecule has 1 aromatic rings. The molecule has 1 aliphatic rings. The molecule has 0 atom stereocenters. The molecule has 0 radical (unpaired) electrons. The van der Waals surface area contributed by atoms with Crippen LogP contribution in [0, 0.1) is 5.41 Å². The minimum absolute atomic E-state index is 0.189. The van der Waals surface area contributed by atoms with Crippen molar-refractivity contribution in [3.63, 3.8) is 0 Å². The summed E-state index contributed by atoms with van der Waals surface area (Å²) in [5.41, 5.74) is 5.81. The van der Waals surface area contributed by atoms with Crippen LogP contribution in [0.15, 0.2) is 6.07 Å². The van der Waals surface area contributed by atoms with Crippen LogP contribution in [0.5, 0.6) is 0 Å². The van der Waals surface area contributed by atoms with Gasteiger partial charge in [-0.05, 0) is 37.3 Å². The molecular weight excluding hydrogens is 284 g/mol. The smallest absolute Gasteiger partial charge is 0.273 e. The third kappa shape index (κ3) is 4.30. The van der Waals surface area contributed by atoms with Crippen molar-refractivity contribution in [2.75, 3.05) is 0 Å². The molecule has 2 amide bonds. The molecule has 21 heavy (non-hydrogen) atoms. The van der Waals surface area contributed by atoms with Gasteiger partial charge in [0.15, 0.2) is 0 Å². The van der Waals surface area contributed by atoms with Crippen LogP contribution in [0.2, 0.25) is 0 Å². The van der Waals surface area contributed by atoms with E-state index in [1.54, 1.807) is 11.3 Å². The van der Waals surface area contributed by atoms with Crippen molar-refractivity contribution in [1.29, 1.82) is 0 Å². The third-order valence-corrected chi connectivity index (χ3v) is 4.93. The van der Waals surface area contributed by atoms with Crippen molar-refractivity contribution >= 4 is 23.2 Å². The summed E-state index contributed by atoms with van der Waals surface area (Å²) in [5, 5.41) is 0. The molecule has 2 N–H and O–H groups in total. The second-order valence-corrected chi connectivity index (χ2v) is 7.77. The average molecular weight is 308 g/mol. The van der Waals surface area contributed by atoms with E-state index in [0.717, 1.165) is 12.8 Å². The molecule has 1 heterocycles. The van der Waals surface area contributed by atoms with Crippen molar-refractivity contribution < 1.29 is 9.59 Å². The topological polar surface area (TPSA) is 58.2 Å². The van der Waals surface area contributed by atoms with Gasteiger partial charge in [-0.3, -0.25) is 20.4 Å². The standard InChI is InChI=1S/C16H24N2O2S/c1-16(2,3)15(20)18-17-14(19)13-10-11-8-6-4-5-7-9-12(11)21-13/h10H,4-9H2,1-3H3,(H,17,19)(H,18,20). The minimum atomic E-state index is -0.516. The van der Waals surface area contributed by atoms with E-state index < -0.39 is 5.41 Å². The zero-order valence-corrected chi connectivity index (χ0v) is 13.9. The quantitative estimate of drug-likeness (QED) is 0.783. The molecular formula is C16H24N2O2S. The summed E-state index contributed by atoms with van der Waals surface area (Å²) in [6.07, 6.45) is 7.09. The summed E-state index contributed by atoms with van der Waals surface area (Å²) in [7, 11) is 0. The fourth-order valence-electron chi connectivity index (χ4n) is 2.32. The lowest BCUT2D eigenvalue weighted by Crippen LogP contribution is -2.46. The van der Waals surface area contributed by atoms with Gasteiger partial charge in [0.2, 0.25) is 5.91 Å². The Morgan fingerprint density at radius 3 is 2.38 bits per heavy atom. The van der Waals surface area contributed by atoms with Crippen molar-refractivity contribution in [2.24, 2.45) is 5.41 Å². The van der Waals surface area contributed by atoms with Gasteiger partial charge in [0.05, 0.1) is 4.88 Å². The van der Waals surface area contributed by atoms with Gasteiger partial charge in [0.25, 0.3) is 5.91 Å². The molecule has 0 bridgehead atoms. The molecule has 0 aromatic carbocycles. The number of rotatable bonds is 1. The number of carbonyl (C=O) groups excluding carboxylic acids is 2. The minimum Gasteiger partial charge on any atom is -0.273 e. The summed E-state index contributed by atoms with van der Waals surface area (Å²) in [4.78, 5) is 25.9. The Kier molecular flexibility index (Phi) is 5.04. The largest absolute Gasteiger partial charge is 0.279 e. The van der Waals surface area contributed by atoms with E-state index in [2.05, 4.69) is 10.9 Å². The zero-order chi connectivity index (χ0) is 15.5. The van der Waals surface area contributed by atoms with E-state index in [1.165, 1.54) is 36.1 Å². The summed E-state index contributed by atoms with van der Waals surface area (Å²) in [5.74, 6) is -0.407. The Labute approximate surface area is 130 Å². The molecule has 0 spiro atoms. The fourth-order valence-corrected chi connectivity index (χ4v) is 3.47. The highest BCUT2D eigenvalue weighted by Crippen LogP contribution is 2.28. The Bertz CT molecular complexity index is 503. The maximum atomic E-state index is 12.2. The Balaban J connectivity index is 2.00. The molecule has 5 heteroatoms. The van der Waals surface area contributed by atoms with Gasteiger partial charge in [-0.15, -0.1) is 11.3 Å². The van der Waals surface area contributed by atoms with Gasteiger partial charge in [-0.2, -0.15) is 0 Å². The average Bonchev–Trinajstić information content (AvgIpc) is 2.77. The van der Waals surface area contributed by atoms with Crippen LogP contribution < -0.4 is 10.9 Å². The first-order valence-corrected chi connectivity index (χ1v) is 8.42. The van der Waals surface area contributed by atoms with Crippen LogP contribution in [0.25, 0.3) is 0 Å². The zero-order valence-electron chi connectivity index (χ0n) is 13.0. The SMILES string of the molecule is CC(C)(C)C(=O)NNC(=O)c1cc2c(s1)CCCCCC2. The maximum Gasteiger partial charge on any atom is 0.279 e. The molecule has 116 valence electrons. The maximum absolute atomic E-state index is 12.2. The van der Waals surface area contributed by atoms with E-state index in [0.29, 0.717) is 4.88 Å². The molecule has 1 aromatic heterocycles.